The fraction of sp³-hybridized carbons (Fsp3) is 0.500. The van der Waals surface area contributed by atoms with Crippen molar-refractivity contribution < 1.29 is 4.79 Å². The molecule has 0 aromatic heterocycles. The molecular formula is C14H16Br2ClNO. The molecule has 1 amide bonds. The van der Waals surface area contributed by atoms with Crippen LogP contribution in [0.4, 0.5) is 0 Å². The van der Waals surface area contributed by atoms with Crippen LogP contribution in [0.25, 0.3) is 0 Å². The van der Waals surface area contributed by atoms with Crippen molar-refractivity contribution in [3.05, 3.63) is 33.3 Å². The van der Waals surface area contributed by atoms with E-state index in [1.165, 1.54) is 0 Å². The summed E-state index contributed by atoms with van der Waals surface area (Å²) in [5.41, 5.74) is 0.651. The van der Waals surface area contributed by atoms with Crippen LogP contribution in [0.5, 0.6) is 0 Å². The molecule has 0 N–H and O–H groups in total. The SMILES string of the molecule is CC(Br)C1CCN(C(=O)c2cc(Cl)ccc2Br)CC1. The number of halogens is 3. The van der Waals surface area contributed by atoms with Gasteiger partial charge in [0.1, 0.15) is 0 Å². The van der Waals surface area contributed by atoms with Gasteiger partial charge in [0, 0.05) is 27.4 Å². The van der Waals surface area contributed by atoms with E-state index in [4.69, 9.17) is 11.6 Å². The molecule has 0 radical (unpaired) electrons. The van der Waals surface area contributed by atoms with E-state index < -0.39 is 0 Å². The summed E-state index contributed by atoms with van der Waals surface area (Å²) in [4.78, 5) is 14.9. The van der Waals surface area contributed by atoms with Gasteiger partial charge in [-0.3, -0.25) is 4.79 Å². The molecule has 104 valence electrons. The third kappa shape index (κ3) is 3.73. The molecule has 0 saturated carbocycles. The Morgan fingerprint density at radius 1 is 1.42 bits per heavy atom. The molecule has 1 saturated heterocycles. The van der Waals surface area contributed by atoms with Crippen LogP contribution in [0, 0.1) is 5.92 Å². The molecule has 1 aromatic carbocycles. The Kier molecular flexibility index (Phi) is 5.32. The largest absolute Gasteiger partial charge is 0.339 e. The van der Waals surface area contributed by atoms with E-state index in [1.807, 2.05) is 11.0 Å². The maximum Gasteiger partial charge on any atom is 0.255 e. The Morgan fingerprint density at radius 2 is 2.05 bits per heavy atom. The number of carbonyl (C=O) groups excluding carboxylic acids is 1. The summed E-state index contributed by atoms with van der Waals surface area (Å²) in [6.45, 7) is 3.81. The van der Waals surface area contributed by atoms with Crippen molar-refractivity contribution in [3.8, 4) is 0 Å². The van der Waals surface area contributed by atoms with E-state index in [0.717, 1.165) is 30.4 Å². The minimum absolute atomic E-state index is 0.0649. The molecular weight excluding hydrogens is 393 g/mol. The molecule has 1 aliphatic heterocycles. The first-order valence-corrected chi connectivity index (χ1v) is 8.46. The second kappa shape index (κ2) is 6.59. The predicted octanol–water partition coefficient (Wildman–Crippen LogP) is 4.74. The van der Waals surface area contributed by atoms with Crippen molar-refractivity contribution in [2.24, 2.45) is 5.92 Å². The van der Waals surface area contributed by atoms with Crippen molar-refractivity contribution in [2.45, 2.75) is 24.6 Å². The fourth-order valence-corrected chi connectivity index (χ4v) is 3.51. The minimum atomic E-state index is 0.0649. The van der Waals surface area contributed by atoms with Gasteiger partial charge in [-0.2, -0.15) is 0 Å². The smallest absolute Gasteiger partial charge is 0.255 e. The van der Waals surface area contributed by atoms with E-state index in [-0.39, 0.29) is 5.91 Å². The van der Waals surface area contributed by atoms with Crippen LogP contribution in [0.1, 0.15) is 30.1 Å². The lowest BCUT2D eigenvalue weighted by atomic mass is 9.94. The molecule has 0 aliphatic carbocycles. The van der Waals surface area contributed by atoms with Crippen LogP contribution in [-0.2, 0) is 0 Å². The van der Waals surface area contributed by atoms with Gasteiger partial charge in [0.15, 0.2) is 0 Å². The van der Waals surface area contributed by atoms with Gasteiger partial charge < -0.3 is 4.90 Å². The van der Waals surface area contributed by atoms with Crippen molar-refractivity contribution in [1.82, 2.24) is 4.90 Å². The second-order valence-corrected chi connectivity index (χ2v) is 7.67. The number of hydrogen-bond acceptors (Lipinski definition) is 1. The lowest BCUT2D eigenvalue weighted by Gasteiger charge is -2.33. The third-order valence-corrected chi connectivity index (χ3v) is 5.31. The van der Waals surface area contributed by atoms with Gasteiger partial charge in [-0.1, -0.05) is 34.5 Å². The summed E-state index contributed by atoms with van der Waals surface area (Å²) >= 11 is 13.0. The zero-order valence-corrected chi connectivity index (χ0v) is 14.6. The molecule has 1 aromatic rings. The van der Waals surface area contributed by atoms with Gasteiger partial charge in [-0.05, 0) is 52.9 Å². The summed E-state index contributed by atoms with van der Waals surface area (Å²) in [5, 5.41) is 0.593. The van der Waals surface area contributed by atoms with Gasteiger partial charge in [0.25, 0.3) is 5.91 Å². The number of likely N-dealkylation sites (tertiary alicyclic amines) is 1. The number of piperidine rings is 1. The Balaban J connectivity index is 2.07. The summed E-state index contributed by atoms with van der Waals surface area (Å²) in [6.07, 6.45) is 2.10. The lowest BCUT2D eigenvalue weighted by molar-refractivity contribution is 0.0690. The van der Waals surface area contributed by atoms with Crippen molar-refractivity contribution in [3.63, 3.8) is 0 Å². The fourth-order valence-electron chi connectivity index (χ4n) is 2.39. The normalized spacial score (nSPS) is 18.4. The highest BCUT2D eigenvalue weighted by molar-refractivity contribution is 9.10. The first-order chi connectivity index (χ1) is 8.99. The minimum Gasteiger partial charge on any atom is -0.339 e. The Hall–Kier alpha value is -0.0600. The standard InChI is InChI=1S/C14H16Br2ClNO/c1-9(15)10-4-6-18(7-5-10)14(19)12-8-11(17)2-3-13(12)16/h2-3,8-10H,4-7H2,1H3. The molecule has 0 spiro atoms. The van der Waals surface area contributed by atoms with Crippen LogP contribution in [-0.4, -0.2) is 28.7 Å². The van der Waals surface area contributed by atoms with E-state index in [1.54, 1.807) is 12.1 Å². The average Bonchev–Trinajstić information content (AvgIpc) is 2.41. The highest BCUT2D eigenvalue weighted by atomic mass is 79.9. The summed E-state index contributed by atoms with van der Waals surface area (Å²) in [5.74, 6) is 0.724. The zero-order chi connectivity index (χ0) is 14.0. The first-order valence-electron chi connectivity index (χ1n) is 6.37. The summed E-state index contributed by atoms with van der Waals surface area (Å²) in [6, 6.07) is 5.33. The summed E-state index contributed by atoms with van der Waals surface area (Å²) < 4.78 is 0.804. The molecule has 5 heteroatoms. The Labute approximate surface area is 135 Å². The maximum atomic E-state index is 12.5. The number of benzene rings is 1. The lowest BCUT2D eigenvalue weighted by Crippen LogP contribution is -2.40. The quantitative estimate of drug-likeness (QED) is 0.646. The van der Waals surface area contributed by atoms with Gasteiger partial charge in [0.05, 0.1) is 5.56 Å². The van der Waals surface area contributed by atoms with Gasteiger partial charge in [-0.15, -0.1) is 0 Å². The molecule has 0 bridgehead atoms. The molecule has 1 fully saturated rings. The van der Waals surface area contributed by atoms with E-state index in [0.29, 0.717) is 21.3 Å². The monoisotopic (exact) mass is 407 g/mol. The molecule has 1 unspecified atom stereocenters. The summed E-state index contributed by atoms with van der Waals surface area (Å²) in [7, 11) is 0. The van der Waals surface area contributed by atoms with Crippen LogP contribution in [0.3, 0.4) is 0 Å². The molecule has 1 heterocycles. The van der Waals surface area contributed by atoms with Gasteiger partial charge in [0.2, 0.25) is 0 Å². The van der Waals surface area contributed by atoms with Crippen molar-refractivity contribution >= 4 is 49.4 Å². The topological polar surface area (TPSA) is 20.3 Å². The predicted molar refractivity (Wildman–Crippen MR) is 86.2 cm³/mol. The molecule has 1 aliphatic rings. The van der Waals surface area contributed by atoms with Crippen LogP contribution in [0.15, 0.2) is 22.7 Å². The number of amides is 1. The van der Waals surface area contributed by atoms with E-state index >= 15 is 0 Å². The number of carbonyl (C=O) groups is 1. The Bertz CT molecular complexity index is 471. The Morgan fingerprint density at radius 3 is 2.63 bits per heavy atom. The second-order valence-electron chi connectivity index (χ2n) is 4.93. The van der Waals surface area contributed by atoms with Gasteiger partial charge in [-0.25, -0.2) is 0 Å². The van der Waals surface area contributed by atoms with Crippen LogP contribution < -0.4 is 0 Å². The van der Waals surface area contributed by atoms with Crippen LogP contribution >= 0.6 is 43.5 Å². The van der Waals surface area contributed by atoms with Crippen molar-refractivity contribution in [2.75, 3.05) is 13.1 Å². The first kappa shape index (κ1) is 15.3. The number of alkyl halides is 1. The van der Waals surface area contributed by atoms with E-state index in [9.17, 15) is 4.79 Å². The maximum absolute atomic E-state index is 12.5. The molecule has 1 atom stereocenters. The third-order valence-electron chi connectivity index (χ3n) is 3.64. The zero-order valence-electron chi connectivity index (χ0n) is 10.7. The number of rotatable bonds is 2. The molecule has 19 heavy (non-hydrogen) atoms. The van der Waals surface area contributed by atoms with Crippen LogP contribution in [0.2, 0.25) is 5.02 Å². The number of hydrogen-bond donors (Lipinski definition) is 0. The number of nitrogens with zero attached hydrogens (tertiary/aromatic N) is 1. The molecule has 2 rings (SSSR count). The highest BCUT2D eigenvalue weighted by Gasteiger charge is 2.26. The molecule has 2 nitrogen and oxygen atoms in total. The highest BCUT2D eigenvalue weighted by Crippen LogP contribution is 2.28. The average molecular weight is 410 g/mol. The van der Waals surface area contributed by atoms with Gasteiger partial charge >= 0.3 is 0 Å². The van der Waals surface area contributed by atoms with Crippen molar-refractivity contribution in [1.29, 1.82) is 0 Å². The van der Waals surface area contributed by atoms with E-state index in [2.05, 4.69) is 38.8 Å².